The summed E-state index contributed by atoms with van der Waals surface area (Å²) >= 11 is 0. The van der Waals surface area contributed by atoms with E-state index in [0.717, 1.165) is 5.56 Å². The zero-order valence-electron chi connectivity index (χ0n) is 11.4. The predicted octanol–water partition coefficient (Wildman–Crippen LogP) is 2.64. The number of hydrogen-bond acceptors (Lipinski definition) is 3. The molecule has 3 amide bonds. The van der Waals surface area contributed by atoms with Crippen molar-refractivity contribution in [2.24, 2.45) is 0 Å². The van der Waals surface area contributed by atoms with E-state index in [9.17, 15) is 9.59 Å². The number of likely N-dealkylation sites (N-methyl/N-ethyl adjacent to an activating group) is 1. The Hall–Kier alpha value is -2.04. The number of imide groups is 1. The van der Waals surface area contributed by atoms with E-state index in [-0.39, 0.29) is 24.7 Å². The molecular weight excluding hydrogens is 244 g/mol. The summed E-state index contributed by atoms with van der Waals surface area (Å²) in [6.45, 7) is 3.90. The lowest BCUT2D eigenvalue weighted by molar-refractivity contribution is 0.109. The highest BCUT2D eigenvalue weighted by atomic mass is 16.6. The van der Waals surface area contributed by atoms with Crippen molar-refractivity contribution >= 4 is 12.1 Å². The van der Waals surface area contributed by atoms with Crippen molar-refractivity contribution < 1.29 is 14.3 Å². The summed E-state index contributed by atoms with van der Waals surface area (Å²) < 4.78 is 4.98. The van der Waals surface area contributed by atoms with Crippen LogP contribution in [0.25, 0.3) is 0 Å². The Morgan fingerprint density at radius 3 is 2.53 bits per heavy atom. The maximum atomic E-state index is 12.2. The van der Waals surface area contributed by atoms with Crippen molar-refractivity contribution in [3.63, 3.8) is 0 Å². The average Bonchev–Trinajstić information content (AvgIpc) is 2.64. The molecule has 5 heteroatoms. The van der Waals surface area contributed by atoms with Gasteiger partial charge in [-0.05, 0) is 19.4 Å². The minimum absolute atomic E-state index is 0.0840. The van der Waals surface area contributed by atoms with Crippen molar-refractivity contribution in [2.45, 2.75) is 25.9 Å². The van der Waals surface area contributed by atoms with Crippen LogP contribution in [0.15, 0.2) is 30.3 Å². The first-order valence-electron chi connectivity index (χ1n) is 6.35. The largest absolute Gasteiger partial charge is 0.449 e. The molecule has 1 aromatic carbocycles. The van der Waals surface area contributed by atoms with E-state index in [1.165, 1.54) is 4.90 Å². The van der Waals surface area contributed by atoms with E-state index in [2.05, 4.69) is 0 Å². The molecule has 0 radical (unpaired) electrons. The highest BCUT2D eigenvalue weighted by Gasteiger charge is 2.46. The number of ether oxygens (including phenoxy) is 1. The van der Waals surface area contributed by atoms with E-state index >= 15 is 0 Å². The summed E-state index contributed by atoms with van der Waals surface area (Å²) in [5, 5.41) is 0. The van der Waals surface area contributed by atoms with Crippen LogP contribution in [0.1, 0.15) is 25.5 Å². The zero-order valence-corrected chi connectivity index (χ0v) is 11.4. The summed E-state index contributed by atoms with van der Waals surface area (Å²) in [6.07, 6.45) is -0.586. The minimum Gasteiger partial charge on any atom is -0.449 e. The van der Waals surface area contributed by atoms with Crippen LogP contribution in [0.2, 0.25) is 0 Å². The average molecular weight is 262 g/mol. The molecule has 0 aromatic heterocycles. The van der Waals surface area contributed by atoms with Gasteiger partial charge in [0.05, 0.1) is 18.7 Å². The van der Waals surface area contributed by atoms with Gasteiger partial charge < -0.3 is 9.64 Å². The van der Waals surface area contributed by atoms with Crippen molar-refractivity contribution in [3.05, 3.63) is 35.9 Å². The normalized spacial score (nSPS) is 22.8. The molecule has 2 atom stereocenters. The smallest absolute Gasteiger partial charge is 0.418 e. The molecule has 1 aromatic rings. The molecule has 0 bridgehead atoms. The van der Waals surface area contributed by atoms with Crippen LogP contribution in [0.5, 0.6) is 0 Å². The Morgan fingerprint density at radius 1 is 1.32 bits per heavy atom. The summed E-state index contributed by atoms with van der Waals surface area (Å²) in [7, 11) is 1.70. The first kappa shape index (κ1) is 13.4. The van der Waals surface area contributed by atoms with Gasteiger partial charge in [0.1, 0.15) is 0 Å². The molecule has 19 heavy (non-hydrogen) atoms. The lowest BCUT2D eigenvalue weighted by Crippen LogP contribution is -2.36. The molecule has 0 spiro atoms. The first-order valence-corrected chi connectivity index (χ1v) is 6.35. The maximum Gasteiger partial charge on any atom is 0.418 e. The molecule has 1 fully saturated rings. The van der Waals surface area contributed by atoms with E-state index in [4.69, 9.17) is 4.74 Å². The van der Waals surface area contributed by atoms with Crippen LogP contribution in [0.3, 0.4) is 0 Å². The van der Waals surface area contributed by atoms with Crippen LogP contribution in [0, 0.1) is 0 Å². The molecule has 102 valence electrons. The zero-order chi connectivity index (χ0) is 14.0. The number of carbonyl (C=O) groups is 2. The number of carbonyl (C=O) groups excluding carboxylic acids is 2. The summed E-state index contributed by atoms with van der Waals surface area (Å²) in [5.41, 5.74) is 0.931. The number of benzene rings is 1. The number of amides is 3. The lowest BCUT2D eigenvalue weighted by Gasteiger charge is -2.23. The molecule has 1 heterocycles. The molecule has 2 rings (SSSR count). The number of rotatable bonds is 2. The van der Waals surface area contributed by atoms with E-state index in [1.807, 2.05) is 37.3 Å². The van der Waals surface area contributed by atoms with Gasteiger partial charge in [0.25, 0.3) is 0 Å². The molecule has 1 saturated heterocycles. The second kappa shape index (κ2) is 5.30. The topological polar surface area (TPSA) is 49.9 Å². The fraction of sp³-hybridized carbons (Fsp3) is 0.429. The van der Waals surface area contributed by atoms with Gasteiger partial charge in [-0.2, -0.15) is 0 Å². The fourth-order valence-electron chi connectivity index (χ4n) is 2.35. The van der Waals surface area contributed by atoms with Crippen LogP contribution < -0.4 is 0 Å². The Kier molecular flexibility index (Phi) is 3.74. The highest BCUT2D eigenvalue weighted by molar-refractivity contribution is 5.93. The summed E-state index contributed by atoms with van der Waals surface area (Å²) in [4.78, 5) is 26.9. The van der Waals surface area contributed by atoms with E-state index < -0.39 is 6.09 Å². The second-order valence-electron chi connectivity index (χ2n) is 4.56. The summed E-state index contributed by atoms with van der Waals surface area (Å²) in [5.74, 6) is 0. The number of nitrogens with zero attached hydrogens (tertiary/aromatic N) is 2. The SMILES string of the molecule is CCOC(=O)N1C(=O)N(C)[C@@H](C)[C@H]1c1ccccc1. The van der Waals surface area contributed by atoms with Gasteiger partial charge in [-0.25, -0.2) is 14.5 Å². The van der Waals surface area contributed by atoms with Crippen molar-refractivity contribution in [1.29, 1.82) is 0 Å². The van der Waals surface area contributed by atoms with Gasteiger partial charge in [-0.3, -0.25) is 0 Å². The van der Waals surface area contributed by atoms with E-state index in [1.54, 1.807) is 18.9 Å². The highest BCUT2D eigenvalue weighted by Crippen LogP contribution is 2.34. The van der Waals surface area contributed by atoms with Gasteiger partial charge in [-0.15, -0.1) is 0 Å². The molecular formula is C14H18N2O3. The number of urea groups is 1. The Bertz CT molecular complexity index is 475. The predicted molar refractivity (Wildman–Crippen MR) is 70.7 cm³/mol. The molecule has 0 N–H and O–H groups in total. The van der Waals surface area contributed by atoms with Crippen molar-refractivity contribution in [1.82, 2.24) is 9.80 Å². The van der Waals surface area contributed by atoms with Crippen LogP contribution in [-0.2, 0) is 4.74 Å². The Morgan fingerprint density at radius 2 is 1.95 bits per heavy atom. The molecule has 1 aliphatic rings. The maximum absolute atomic E-state index is 12.2. The molecule has 0 unspecified atom stereocenters. The Labute approximate surface area is 112 Å². The lowest BCUT2D eigenvalue weighted by atomic mass is 10.0. The van der Waals surface area contributed by atoms with Crippen molar-refractivity contribution in [3.8, 4) is 0 Å². The van der Waals surface area contributed by atoms with Gasteiger partial charge >= 0.3 is 12.1 Å². The molecule has 0 aliphatic carbocycles. The van der Waals surface area contributed by atoms with E-state index in [0.29, 0.717) is 0 Å². The second-order valence-corrected chi connectivity index (χ2v) is 4.56. The quantitative estimate of drug-likeness (QED) is 0.823. The van der Waals surface area contributed by atoms with Gasteiger partial charge in [0.2, 0.25) is 0 Å². The monoisotopic (exact) mass is 262 g/mol. The first-order chi connectivity index (χ1) is 9.07. The molecule has 1 aliphatic heterocycles. The Balaban J connectivity index is 2.37. The number of hydrogen-bond donors (Lipinski definition) is 0. The van der Waals surface area contributed by atoms with Gasteiger partial charge in [0, 0.05) is 7.05 Å². The van der Waals surface area contributed by atoms with Crippen molar-refractivity contribution in [2.75, 3.05) is 13.7 Å². The summed E-state index contributed by atoms with van der Waals surface area (Å²) in [6, 6.07) is 8.82. The van der Waals surface area contributed by atoms with Gasteiger partial charge in [-0.1, -0.05) is 30.3 Å². The molecule has 0 saturated carbocycles. The third-order valence-electron chi connectivity index (χ3n) is 3.46. The van der Waals surface area contributed by atoms with Crippen LogP contribution in [-0.4, -0.2) is 41.6 Å². The minimum atomic E-state index is -0.586. The van der Waals surface area contributed by atoms with Gasteiger partial charge in [0.15, 0.2) is 0 Å². The van der Waals surface area contributed by atoms with Crippen LogP contribution >= 0.6 is 0 Å². The molecule has 5 nitrogen and oxygen atoms in total. The third-order valence-corrected chi connectivity index (χ3v) is 3.46. The third kappa shape index (κ3) is 2.28. The standard InChI is InChI=1S/C14H18N2O3/c1-4-19-14(18)16-12(10(2)15(3)13(16)17)11-8-6-5-7-9-11/h5-10,12H,4H2,1-3H3/t10-,12-/m0/s1. The fourth-order valence-corrected chi connectivity index (χ4v) is 2.35. The van der Waals surface area contributed by atoms with Crippen LogP contribution in [0.4, 0.5) is 9.59 Å².